The number of aromatic nitrogens is 3. The number of ether oxygens (including phenoxy) is 1. The Bertz CT molecular complexity index is 1050. The van der Waals surface area contributed by atoms with Crippen LogP contribution in [0, 0.1) is 0 Å². The van der Waals surface area contributed by atoms with Crippen LogP contribution in [0.15, 0.2) is 63.5 Å². The zero-order valence-electron chi connectivity index (χ0n) is 16.9. The van der Waals surface area contributed by atoms with E-state index in [9.17, 15) is 4.79 Å². The summed E-state index contributed by atoms with van der Waals surface area (Å²) in [6.45, 7) is 2.04. The third kappa shape index (κ3) is 4.30. The van der Waals surface area contributed by atoms with Gasteiger partial charge in [-0.2, -0.15) is 0 Å². The Morgan fingerprint density at radius 3 is 2.48 bits per heavy atom. The first kappa shape index (κ1) is 20.4. The summed E-state index contributed by atoms with van der Waals surface area (Å²) in [6.07, 6.45) is 2.22. The molecule has 31 heavy (non-hydrogen) atoms. The number of nitrogens with zero attached hydrogens (tertiary/aromatic N) is 4. The van der Waals surface area contributed by atoms with Gasteiger partial charge in [-0.1, -0.05) is 47.8 Å². The van der Waals surface area contributed by atoms with Crippen molar-refractivity contribution in [1.29, 1.82) is 0 Å². The molecule has 0 spiro atoms. The minimum absolute atomic E-state index is 0.138. The van der Waals surface area contributed by atoms with Crippen molar-refractivity contribution in [2.24, 2.45) is 5.73 Å². The average molecular weight is 454 g/mol. The Kier molecular flexibility index (Phi) is 5.89. The first-order valence-corrected chi connectivity index (χ1v) is 12.1. The highest BCUT2D eigenvalue weighted by Crippen LogP contribution is 2.48. The highest BCUT2D eigenvalue weighted by molar-refractivity contribution is 8.00. The fraction of sp³-hybridized carbons (Fsp3) is 0.318. The van der Waals surface area contributed by atoms with E-state index in [1.54, 1.807) is 11.8 Å². The molecule has 9 heteroatoms. The number of carbonyl (C=O) groups excluding carboxylic acids is 1. The molecule has 5 rings (SSSR count). The molecule has 1 amide bonds. The summed E-state index contributed by atoms with van der Waals surface area (Å²) >= 11 is 3.11. The third-order valence-corrected chi connectivity index (χ3v) is 7.50. The van der Waals surface area contributed by atoms with Crippen LogP contribution >= 0.6 is 23.5 Å². The molecular formula is C22H23N5O2S2. The van der Waals surface area contributed by atoms with Gasteiger partial charge in [-0.15, -0.1) is 10.2 Å². The largest absolute Gasteiger partial charge is 0.376 e. The van der Waals surface area contributed by atoms with Crippen molar-refractivity contribution < 1.29 is 9.53 Å². The predicted molar refractivity (Wildman–Crippen MR) is 122 cm³/mol. The third-order valence-electron chi connectivity index (χ3n) is 5.38. The molecule has 2 aromatic carbocycles. The lowest BCUT2D eigenvalue weighted by Crippen LogP contribution is -2.25. The van der Waals surface area contributed by atoms with E-state index in [1.165, 1.54) is 21.6 Å². The standard InChI is InChI=1S/C22H23N5O2S2/c23-20(28)14-30-22-25-24-21(27(22)12-15-6-5-11-29-15)13-26-16-7-1-3-9-18(16)31-19-10-4-2-8-17(19)26/h1-4,7-10,15H,5-6,11-14H2,(H2,23,28)/t15-/m1/s1. The number of amides is 1. The van der Waals surface area contributed by atoms with Crippen LogP contribution in [0.5, 0.6) is 0 Å². The Morgan fingerprint density at radius 1 is 1.13 bits per heavy atom. The number of primary amides is 1. The Hall–Kier alpha value is -2.49. The fourth-order valence-corrected chi connectivity index (χ4v) is 5.75. The Balaban J connectivity index is 1.50. The lowest BCUT2D eigenvalue weighted by atomic mass is 10.2. The van der Waals surface area contributed by atoms with Gasteiger partial charge < -0.3 is 19.9 Å². The quantitative estimate of drug-likeness (QED) is 0.544. The molecule has 3 aromatic rings. The number of hydrogen-bond donors (Lipinski definition) is 1. The lowest BCUT2D eigenvalue weighted by molar-refractivity contribution is -0.115. The van der Waals surface area contributed by atoms with Gasteiger partial charge in [0.15, 0.2) is 11.0 Å². The van der Waals surface area contributed by atoms with Crippen LogP contribution in [-0.4, -0.2) is 39.1 Å². The molecule has 0 saturated carbocycles. The molecule has 2 aliphatic rings. The number of hydrogen-bond acceptors (Lipinski definition) is 7. The van der Waals surface area contributed by atoms with E-state index in [4.69, 9.17) is 10.5 Å². The number of thioether (sulfide) groups is 1. The zero-order valence-corrected chi connectivity index (χ0v) is 18.6. The van der Waals surface area contributed by atoms with Crippen molar-refractivity contribution in [3.63, 3.8) is 0 Å². The predicted octanol–water partition coefficient (Wildman–Crippen LogP) is 3.84. The summed E-state index contributed by atoms with van der Waals surface area (Å²) in [5.74, 6) is 0.656. The Morgan fingerprint density at radius 2 is 1.84 bits per heavy atom. The van der Waals surface area contributed by atoms with Crippen molar-refractivity contribution in [2.75, 3.05) is 17.3 Å². The molecule has 1 saturated heterocycles. The monoisotopic (exact) mass is 453 g/mol. The van der Waals surface area contributed by atoms with Crippen molar-refractivity contribution in [2.45, 2.75) is 47.0 Å². The van der Waals surface area contributed by atoms with Crippen molar-refractivity contribution in [3.05, 3.63) is 54.4 Å². The van der Waals surface area contributed by atoms with Gasteiger partial charge in [-0.05, 0) is 37.1 Å². The fourth-order valence-electron chi connectivity index (χ4n) is 3.95. The first-order valence-electron chi connectivity index (χ1n) is 10.3. The summed E-state index contributed by atoms with van der Waals surface area (Å²) in [4.78, 5) is 16.1. The minimum atomic E-state index is -0.367. The Labute approximate surface area is 189 Å². The molecule has 0 unspecified atom stereocenters. The smallest absolute Gasteiger partial charge is 0.227 e. The van der Waals surface area contributed by atoms with Crippen LogP contribution in [0.1, 0.15) is 18.7 Å². The number of benzene rings is 2. The highest BCUT2D eigenvalue weighted by atomic mass is 32.2. The molecule has 7 nitrogen and oxygen atoms in total. The van der Waals surface area contributed by atoms with Gasteiger partial charge in [0.1, 0.15) is 0 Å². The maximum atomic E-state index is 11.3. The van der Waals surface area contributed by atoms with E-state index in [1.807, 2.05) is 0 Å². The second-order valence-corrected chi connectivity index (χ2v) is 9.55. The molecule has 160 valence electrons. The molecule has 0 aliphatic carbocycles. The number of para-hydroxylation sites is 2. The number of nitrogens with two attached hydrogens (primary N) is 1. The maximum absolute atomic E-state index is 11.3. The van der Waals surface area contributed by atoms with Crippen LogP contribution in [0.3, 0.4) is 0 Å². The van der Waals surface area contributed by atoms with E-state index in [0.717, 1.165) is 36.6 Å². The molecule has 3 heterocycles. The first-order chi connectivity index (χ1) is 15.2. The van der Waals surface area contributed by atoms with E-state index in [0.29, 0.717) is 18.2 Å². The van der Waals surface area contributed by atoms with Crippen LogP contribution in [0.25, 0.3) is 0 Å². The summed E-state index contributed by atoms with van der Waals surface area (Å²) in [5, 5.41) is 9.61. The topological polar surface area (TPSA) is 86.3 Å². The van der Waals surface area contributed by atoms with Crippen LogP contribution < -0.4 is 10.6 Å². The summed E-state index contributed by atoms with van der Waals surface area (Å²) in [6, 6.07) is 16.8. The van der Waals surface area contributed by atoms with E-state index in [-0.39, 0.29) is 17.8 Å². The van der Waals surface area contributed by atoms with Crippen LogP contribution in [-0.2, 0) is 22.6 Å². The van der Waals surface area contributed by atoms with E-state index in [2.05, 4.69) is 68.2 Å². The SMILES string of the molecule is NC(=O)CSc1nnc(CN2c3ccccc3Sc3ccccc32)n1C[C@H]1CCCO1. The van der Waals surface area contributed by atoms with Gasteiger partial charge in [0.05, 0.1) is 36.3 Å². The van der Waals surface area contributed by atoms with Crippen molar-refractivity contribution in [1.82, 2.24) is 14.8 Å². The molecular weight excluding hydrogens is 430 g/mol. The van der Waals surface area contributed by atoms with Crippen molar-refractivity contribution >= 4 is 40.8 Å². The summed E-state index contributed by atoms with van der Waals surface area (Å²) < 4.78 is 7.96. The van der Waals surface area contributed by atoms with Gasteiger partial charge in [0.25, 0.3) is 0 Å². The van der Waals surface area contributed by atoms with Gasteiger partial charge in [0, 0.05) is 16.4 Å². The molecule has 2 N–H and O–H groups in total. The zero-order chi connectivity index (χ0) is 21.2. The van der Waals surface area contributed by atoms with Crippen molar-refractivity contribution in [3.8, 4) is 0 Å². The summed E-state index contributed by atoms with van der Waals surface area (Å²) in [7, 11) is 0. The molecule has 1 fully saturated rings. The molecule has 1 atom stereocenters. The molecule has 0 bridgehead atoms. The molecule has 2 aliphatic heterocycles. The summed E-state index contributed by atoms with van der Waals surface area (Å²) in [5.41, 5.74) is 7.68. The number of anilines is 2. The molecule has 0 radical (unpaired) electrons. The lowest BCUT2D eigenvalue weighted by Gasteiger charge is -2.32. The van der Waals surface area contributed by atoms with E-state index < -0.39 is 0 Å². The highest BCUT2D eigenvalue weighted by Gasteiger charge is 2.27. The second-order valence-electron chi connectivity index (χ2n) is 7.52. The average Bonchev–Trinajstić information content (AvgIpc) is 3.43. The minimum Gasteiger partial charge on any atom is -0.376 e. The molecule has 1 aromatic heterocycles. The van der Waals surface area contributed by atoms with Gasteiger partial charge in [0.2, 0.25) is 5.91 Å². The van der Waals surface area contributed by atoms with Gasteiger partial charge in [-0.3, -0.25) is 4.79 Å². The van der Waals surface area contributed by atoms with Gasteiger partial charge >= 0.3 is 0 Å². The normalized spacial score (nSPS) is 17.4. The van der Waals surface area contributed by atoms with Crippen LogP contribution in [0.2, 0.25) is 0 Å². The maximum Gasteiger partial charge on any atom is 0.227 e. The second kappa shape index (κ2) is 8.94. The van der Waals surface area contributed by atoms with Crippen LogP contribution in [0.4, 0.5) is 11.4 Å². The number of fused-ring (bicyclic) bond motifs is 2. The number of rotatable bonds is 7. The number of carbonyl (C=O) groups is 1. The van der Waals surface area contributed by atoms with Gasteiger partial charge in [-0.25, -0.2) is 0 Å². The van der Waals surface area contributed by atoms with E-state index >= 15 is 0 Å².